The van der Waals surface area contributed by atoms with E-state index in [4.69, 9.17) is 4.42 Å². The lowest BCUT2D eigenvalue weighted by atomic mass is 9.79. The van der Waals surface area contributed by atoms with Crippen LogP contribution >= 0.6 is 0 Å². The van der Waals surface area contributed by atoms with E-state index < -0.39 is 0 Å². The molecule has 9 nitrogen and oxygen atoms in total. The fourth-order valence-electron chi connectivity index (χ4n) is 6.11. The van der Waals surface area contributed by atoms with Gasteiger partial charge in [0, 0.05) is 50.2 Å². The third kappa shape index (κ3) is 3.56. The number of aromatic nitrogens is 1. The van der Waals surface area contributed by atoms with Crippen molar-refractivity contribution in [2.75, 3.05) is 44.2 Å². The molecule has 1 unspecified atom stereocenters. The molecule has 1 atom stereocenters. The van der Waals surface area contributed by atoms with E-state index >= 15 is 0 Å². The molecular weight excluding hydrogens is 456 g/mol. The minimum Gasteiger partial charge on any atom is -0.423 e. The summed E-state index contributed by atoms with van der Waals surface area (Å²) in [6, 6.07) is 6.18. The van der Waals surface area contributed by atoms with Gasteiger partial charge in [0.05, 0.1) is 5.71 Å². The zero-order chi connectivity index (χ0) is 24.3. The summed E-state index contributed by atoms with van der Waals surface area (Å²) in [5.74, 6) is -0.153. The zero-order valence-corrected chi connectivity index (χ0v) is 20.1. The van der Waals surface area contributed by atoms with Gasteiger partial charge >= 0.3 is 0 Å². The van der Waals surface area contributed by atoms with Gasteiger partial charge in [0.1, 0.15) is 11.4 Å². The highest BCUT2D eigenvalue weighted by Crippen LogP contribution is 2.47. The highest BCUT2D eigenvalue weighted by Gasteiger charge is 2.46. The molecule has 1 saturated carbocycles. The largest absolute Gasteiger partial charge is 0.423 e. The van der Waals surface area contributed by atoms with Gasteiger partial charge in [0.25, 0.3) is 17.8 Å². The molecule has 0 radical (unpaired) electrons. The van der Waals surface area contributed by atoms with Crippen LogP contribution in [0.5, 0.6) is 0 Å². The highest BCUT2D eigenvalue weighted by atomic mass is 16.4. The average Bonchev–Trinajstić information content (AvgIpc) is 3.54. The van der Waals surface area contributed by atoms with Crippen LogP contribution in [0.3, 0.4) is 0 Å². The number of oxazole rings is 1. The van der Waals surface area contributed by atoms with Gasteiger partial charge in [0.15, 0.2) is 5.58 Å². The molecule has 5 aliphatic rings. The number of hydrogen-bond donors (Lipinski definition) is 0. The van der Waals surface area contributed by atoms with Crippen molar-refractivity contribution in [1.29, 1.82) is 0 Å². The van der Waals surface area contributed by atoms with Crippen LogP contribution in [-0.2, 0) is 4.79 Å². The first-order valence-corrected chi connectivity index (χ1v) is 12.8. The Bertz CT molecular complexity index is 1360. The number of anilines is 1. The van der Waals surface area contributed by atoms with Crippen LogP contribution in [0.4, 0.5) is 6.01 Å². The topological polar surface area (TPSA) is 94.6 Å². The van der Waals surface area contributed by atoms with Gasteiger partial charge in [-0.1, -0.05) is 31.1 Å². The number of piperazine rings is 1. The van der Waals surface area contributed by atoms with Gasteiger partial charge < -0.3 is 19.1 Å². The summed E-state index contributed by atoms with van der Waals surface area (Å²) in [5, 5.41) is 0. The van der Waals surface area contributed by atoms with Crippen molar-refractivity contribution >= 4 is 40.6 Å². The van der Waals surface area contributed by atoms with Gasteiger partial charge in [-0.25, -0.2) is 4.99 Å². The monoisotopic (exact) mass is 484 g/mol. The van der Waals surface area contributed by atoms with Crippen molar-refractivity contribution in [1.82, 2.24) is 14.8 Å². The fourth-order valence-corrected chi connectivity index (χ4v) is 6.11. The number of benzene rings is 1. The highest BCUT2D eigenvalue weighted by molar-refractivity contribution is 6.21. The first-order chi connectivity index (χ1) is 17.6. The SMILES string of the molecule is O=C1N=C(N2CCN(C(=O)c3ccc4nc(N5CC6(CCCC6)C5)oc4c3)CC2)N=C2C=CC=CC12. The minimum atomic E-state index is -0.377. The maximum absolute atomic E-state index is 13.3. The Balaban J connectivity index is 1.01. The molecule has 2 aromatic rings. The predicted molar refractivity (Wildman–Crippen MR) is 136 cm³/mol. The van der Waals surface area contributed by atoms with Gasteiger partial charge in [-0.05, 0) is 37.1 Å². The molecule has 2 aliphatic carbocycles. The summed E-state index contributed by atoms with van der Waals surface area (Å²) in [7, 11) is 0. The molecule has 3 aliphatic heterocycles. The summed E-state index contributed by atoms with van der Waals surface area (Å²) in [6.45, 7) is 4.25. The third-order valence-electron chi connectivity index (χ3n) is 8.17. The number of guanidine groups is 1. The Morgan fingerprint density at radius 2 is 1.81 bits per heavy atom. The van der Waals surface area contributed by atoms with Gasteiger partial charge in [0.2, 0.25) is 5.96 Å². The normalized spacial score (nSPS) is 24.7. The van der Waals surface area contributed by atoms with Crippen LogP contribution in [0.1, 0.15) is 36.0 Å². The molecule has 1 spiro atoms. The zero-order valence-electron chi connectivity index (χ0n) is 20.1. The maximum atomic E-state index is 13.3. The molecule has 36 heavy (non-hydrogen) atoms. The molecule has 2 amide bonds. The number of nitrogens with zero attached hydrogens (tertiary/aromatic N) is 6. The number of carbonyl (C=O) groups excluding carboxylic acids is 2. The summed E-state index contributed by atoms with van der Waals surface area (Å²) in [6.07, 6.45) is 12.7. The molecule has 4 heterocycles. The minimum absolute atomic E-state index is 0.0308. The Labute approximate surface area is 208 Å². The van der Waals surface area contributed by atoms with E-state index in [1.807, 2.05) is 52.3 Å². The second kappa shape index (κ2) is 8.15. The van der Waals surface area contributed by atoms with Gasteiger partial charge in [-0.3, -0.25) is 9.59 Å². The lowest BCUT2D eigenvalue weighted by Crippen LogP contribution is -2.55. The Morgan fingerprint density at radius 3 is 2.61 bits per heavy atom. The second-order valence-electron chi connectivity index (χ2n) is 10.5. The standard InChI is InChI=1S/C27H28N6O3/c34-23-19-5-1-2-6-20(19)28-25(30-23)32-13-11-31(12-14-32)24(35)18-7-8-21-22(15-18)36-26(29-21)33-16-27(17-33)9-3-4-10-27/h1-2,5-8,15,19H,3-4,9-14,16-17H2. The first kappa shape index (κ1) is 21.5. The lowest BCUT2D eigenvalue weighted by Gasteiger charge is -2.47. The maximum Gasteiger partial charge on any atom is 0.298 e. The number of allylic oxidation sites excluding steroid dienone is 3. The molecule has 3 fully saturated rings. The number of aliphatic imine (C=N–C) groups is 2. The van der Waals surface area contributed by atoms with Crippen LogP contribution in [-0.4, -0.2) is 77.5 Å². The summed E-state index contributed by atoms with van der Waals surface area (Å²) in [4.78, 5) is 45.2. The fraction of sp³-hybridized carbons (Fsp3) is 0.444. The Morgan fingerprint density at radius 1 is 1.00 bits per heavy atom. The van der Waals surface area contributed by atoms with Crippen LogP contribution in [0.15, 0.2) is 56.9 Å². The van der Waals surface area contributed by atoms with Crippen molar-refractivity contribution in [2.45, 2.75) is 25.7 Å². The summed E-state index contributed by atoms with van der Waals surface area (Å²) >= 11 is 0. The lowest BCUT2D eigenvalue weighted by molar-refractivity contribution is -0.118. The van der Waals surface area contributed by atoms with Crippen molar-refractivity contribution in [3.63, 3.8) is 0 Å². The molecule has 7 rings (SSSR count). The van der Waals surface area contributed by atoms with Crippen molar-refractivity contribution in [2.24, 2.45) is 21.3 Å². The van der Waals surface area contributed by atoms with Crippen LogP contribution in [0, 0.1) is 11.3 Å². The van der Waals surface area contributed by atoms with E-state index in [9.17, 15) is 9.59 Å². The summed E-state index contributed by atoms with van der Waals surface area (Å²) < 4.78 is 6.07. The molecule has 184 valence electrons. The molecular formula is C27H28N6O3. The Hall–Kier alpha value is -3.75. The van der Waals surface area contributed by atoms with Gasteiger partial charge in [-0.2, -0.15) is 9.98 Å². The number of rotatable bonds is 2. The van der Waals surface area contributed by atoms with Crippen molar-refractivity contribution in [3.05, 3.63) is 48.1 Å². The third-order valence-corrected chi connectivity index (χ3v) is 8.17. The molecule has 1 aromatic carbocycles. The van der Waals surface area contributed by atoms with E-state index in [-0.39, 0.29) is 17.7 Å². The summed E-state index contributed by atoms with van der Waals surface area (Å²) in [5.41, 5.74) is 3.22. The quantitative estimate of drug-likeness (QED) is 0.650. The van der Waals surface area contributed by atoms with Crippen LogP contribution < -0.4 is 4.90 Å². The number of hydrogen-bond acceptors (Lipinski definition) is 7. The van der Waals surface area contributed by atoms with E-state index in [1.165, 1.54) is 25.7 Å². The molecule has 2 saturated heterocycles. The smallest absolute Gasteiger partial charge is 0.298 e. The first-order valence-electron chi connectivity index (χ1n) is 12.8. The molecule has 9 heteroatoms. The van der Waals surface area contributed by atoms with E-state index in [0.717, 1.165) is 24.3 Å². The molecule has 0 bridgehead atoms. The van der Waals surface area contributed by atoms with E-state index in [2.05, 4.69) is 19.9 Å². The predicted octanol–water partition coefficient (Wildman–Crippen LogP) is 3.05. The average molecular weight is 485 g/mol. The van der Waals surface area contributed by atoms with E-state index in [0.29, 0.717) is 54.7 Å². The van der Waals surface area contributed by atoms with E-state index in [1.54, 1.807) is 0 Å². The Kier molecular flexibility index (Phi) is 4.87. The van der Waals surface area contributed by atoms with Gasteiger partial charge in [-0.15, -0.1) is 0 Å². The van der Waals surface area contributed by atoms with Crippen molar-refractivity contribution in [3.8, 4) is 0 Å². The molecule has 1 aromatic heterocycles. The van der Waals surface area contributed by atoms with Crippen molar-refractivity contribution < 1.29 is 14.0 Å². The number of amides is 2. The van der Waals surface area contributed by atoms with Crippen LogP contribution in [0.2, 0.25) is 0 Å². The molecule has 0 N–H and O–H groups in total. The number of carbonyl (C=O) groups is 2. The van der Waals surface area contributed by atoms with Crippen LogP contribution in [0.25, 0.3) is 11.1 Å². The number of fused-ring (bicyclic) bond motifs is 2. The second-order valence-corrected chi connectivity index (χ2v) is 10.5.